The highest BCUT2D eigenvalue weighted by molar-refractivity contribution is 6.32. The molecule has 2 heterocycles. The van der Waals surface area contributed by atoms with Crippen molar-refractivity contribution in [3.63, 3.8) is 0 Å². The lowest BCUT2D eigenvalue weighted by Gasteiger charge is -2.15. The summed E-state index contributed by atoms with van der Waals surface area (Å²) in [7, 11) is 0. The molecule has 0 aromatic carbocycles. The molecule has 1 amide bonds. The zero-order chi connectivity index (χ0) is 9.42. The fourth-order valence-electron chi connectivity index (χ4n) is 1.23. The SMILES string of the molecule is O=C1NCCc2c(Cl)nc(Cl)nc21. The molecule has 1 aliphatic heterocycles. The van der Waals surface area contributed by atoms with E-state index >= 15 is 0 Å². The lowest BCUT2D eigenvalue weighted by Crippen LogP contribution is -2.33. The molecule has 1 aromatic rings. The summed E-state index contributed by atoms with van der Waals surface area (Å²) in [6.07, 6.45) is 0.650. The Morgan fingerprint density at radius 1 is 1.31 bits per heavy atom. The summed E-state index contributed by atoms with van der Waals surface area (Å²) in [6, 6.07) is 0. The molecule has 1 N–H and O–H groups in total. The van der Waals surface area contributed by atoms with Crippen LogP contribution in [0.5, 0.6) is 0 Å². The van der Waals surface area contributed by atoms with Gasteiger partial charge >= 0.3 is 0 Å². The van der Waals surface area contributed by atoms with E-state index in [1.165, 1.54) is 0 Å². The number of aromatic nitrogens is 2. The Bertz CT molecular complexity index is 380. The molecule has 0 spiro atoms. The fraction of sp³-hybridized carbons (Fsp3) is 0.286. The summed E-state index contributed by atoms with van der Waals surface area (Å²) in [4.78, 5) is 18.8. The minimum atomic E-state index is -0.243. The Kier molecular flexibility index (Phi) is 2.09. The number of carbonyl (C=O) groups is 1. The Hall–Kier alpha value is -0.870. The molecule has 0 radical (unpaired) electrons. The summed E-state index contributed by atoms with van der Waals surface area (Å²) >= 11 is 11.4. The van der Waals surface area contributed by atoms with Crippen LogP contribution in [0, 0.1) is 0 Å². The number of halogens is 2. The van der Waals surface area contributed by atoms with E-state index in [1.54, 1.807) is 0 Å². The van der Waals surface area contributed by atoms with Gasteiger partial charge in [0.15, 0.2) is 0 Å². The van der Waals surface area contributed by atoms with E-state index in [1.807, 2.05) is 0 Å². The van der Waals surface area contributed by atoms with Gasteiger partial charge < -0.3 is 5.32 Å². The normalized spacial score (nSPS) is 15.1. The van der Waals surface area contributed by atoms with Crippen LogP contribution in [0.25, 0.3) is 0 Å². The Morgan fingerprint density at radius 2 is 2.08 bits per heavy atom. The molecule has 0 bridgehead atoms. The van der Waals surface area contributed by atoms with E-state index in [-0.39, 0.29) is 22.0 Å². The Labute approximate surface area is 84.3 Å². The topological polar surface area (TPSA) is 54.9 Å². The number of fused-ring (bicyclic) bond motifs is 1. The van der Waals surface area contributed by atoms with Gasteiger partial charge in [0.25, 0.3) is 5.91 Å². The predicted molar refractivity (Wildman–Crippen MR) is 48.1 cm³/mol. The van der Waals surface area contributed by atoms with Crippen LogP contribution in [0.1, 0.15) is 16.1 Å². The van der Waals surface area contributed by atoms with Gasteiger partial charge in [0.05, 0.1) is 0 Å². The van der Waals surface area contributed by atoms with Crippen LogP contribution >= 0.6 is 23.2 Å². The van der Waals surface area contributed by atoms with Crippen LogP contribution in [0.4, 0.5) is 0 Å². The first-order valence-electron chi connectivity index (χ1n) is 3.68. The number of nitrogens with one attached hydrogen (secondary N) is 1. The van der Waals surface area contributed by atoms with Crippen LogP contribution in [0.2, 0.25) is 10.4 Å². The van der Waals surface area contributed by atoms with E-state index < -0.39 is 0 Å². The molecule has 0 unspecified atom stereocenters. The minimum absolute atomic E-state index is 0.000741. The van der Waals surface area contributed by atoms with Gasteiger partial charge in [0.2, 0.25) is 5.28 Å². The molecular formula is C7H5Cl2N3O. The fourth-order valence-corrected chi connectivity index (χ4v) is 1.70. The van der Waals surface area contributed by atoms with Gasteiger partial charge in [-0.2, -0.15) is 0 Å². The number of rotatable bonds is 0. The van der Waals surface area contributed by atoms with E-state index in [0.29, 0.717) is 18.5 Å². The molecule has 6 heteroatoms. The highest BCUT2D eigenvalue weighted by Crippen LogP contribution is 2.21. The molecule has 68 valence electrons. The van der Waals surface area contributed by atoms with Crippen LogP contribution in [0.3, 0.4) is 0 Å². The van der Waals surface area contributed by atoms with Crippen molar-refractivity contribution in [2.24, 2.45) is 0 Å². The third kappa shape index (κ3) is 1.47. The highest BCUT2D eigenvalue weighted by Gasteiger charge is 2.22. The summed E-state index contributed by atoms with van der Waals surface area (Å²) in [5.74, 6) is -0.243. The molecule has 0 saturated heterocycles. The molecule has 0 fully saturated rings. The standard InChI is InChI=1S/C7H5Cl2N3O/c8-5-3-1-2-10-6(13)4(3)11-7(9)12-5/h1-2H2,(H,10,13). The van der Waals surface area contributed by atoms with Gasteiger partial charge in [-0.05, 0) is 18.0 Å². The van der Waals surface area contributed by atoms with Gasteiger partial charge in [-0.3, -0.25) is 4.79 Å². The lowest BCUT2D eigenvalue weighted by molar-refractivity contribution is 0.0940. The van der Waals surface area contributed by atoms with Gasteiger partial charge in [0, 0.05) is 12.1 Å². The second-order valence-corrected chi connectivity index (χ2v) is 3.31. The van der Waals surface area contributed by atoms with Crippen molar-refractivity contribution in [2.75, 3.05) is 6.54 Å². The first-order valence-corrected chi connectivity index (χ1v) is 4.44. The van der Waals surface area contributed by atoms with Crippen molar-refractivity contribution < 1.29 is 4.79 Å². The smallest absolute Gasteiger partial charge is 0.270 e. The molecule has 1 aromatic heterocycles. The average molecular weight is 218 g/mol. The van der Waals surface area contributed by atoms with Crippen LogP contribution in [-0.2, 0) is 6.42 Å². The third-order valence-corrected chi connectivity index (χ3v) is 2.29. The lowest BCUT2D eigenvalue weighted by atomic mass is 10.1. The Morgan fingerprint density at radius 3 is 2.85 bits per heavy atom. The maximum absolute atomic E-state index is 11.3. The molecule has 4 nitrogen and oxygen atoms in total. The van der Waals surface area contributed by atoms with Crippen molar-refractivity contribution in [3.8, 4) is 0 Å². The molecule has 0 aliphatic carbocycles. The quantitative estimate of drug-likeness (QED) is 0.523. The zero-order valence-corrected chi connectivity index (χ0v) is 7.98. The number of hydrogen-bond acceptors (Lipinski definition) is 3. The van der Waals surface area contributed by atoms with Crippen molar-refractivity contribution in [1.82, 2.24) is 15.3 Å². The summed E-state index contributed by atoms with van der Waals surface area (Å²) in [5.41, 5.74) is 0.964. The van der Waals surface area contributed by atoms with Crippen LogP contribution in [0.15, 0.2) is 0 Å². The minimum Gasteiger partial charge on any atom is -0.350 e. The van der Waals surface area contributed by atoms with E-state index in [4.69, 9.17) is 23.2 Å². The summed E-state index contributed by atoms with van der Waals surface area (Å²) in [6.45, 7) is 0.566. The number of carbonyl (C=O) groups excluding carboxylic acids is 1. The maximum Gasteiger partial charge on any atom is 0.270 e. The van der Waals surface area contributed by atoms with Crippen LogP contribution in [-0.4, -0.2) is 22.4 Å². The molecule has 0 atom stereocenters. The predicted octanol–water partition coefficient (Wildman–Crippen LogP) is 1.07. The molecule has 2 rings (SSSR count). The molecule has 0 saturated carbocycles. The van der Waals surface area contributed by atoms with Gasteiger partial charge in [-0.25, -0.2) is 9.97 Å². The largest absolute Gasteiger partial charge is 0.350 e. The zero-order valence-electron chi connectivity index (χ0n) is 6.47. The van der Waals surface area contributed by atoms with Crippen LogP contribution < -0.4 is 5.32 Å². The Balaban J connectivity index is 2.63. The molecule has 13 heavy (non-hydrogen) atoms. The van der Waals surface area contributed by atoms with Gasteiger partial charge in [-0.15, -0.1) is 0 Å². The highest BCUT2D eigenvalue weighted by atomic mass is 35.5. The molecular weight excluding hydrogens is 213 g/mol. The van der Waals surface area contributed by atoms with Crippen molar-refractivity contribution in [1.29, 1.82) is 0 Å². The van der Waals surface area contributed by atoms with Crippen molar-refractivity contribution in [3.05, 3.63) is 21.7 Å². The van der Waals surface area contributed by atoms with Gasteiger partial charge in [-0.1, -0.05) is 11.6 Å². The van der Waals surface area contributed by atoms with Crippen molar-refractivity contribution >= 4 is 29.1 Å². The second-order valence-electron chi connectivity index (χ2n) is 2.62. The number of nitrogens with zero attached hydrogens (tertiary/aromatic N) is 2. The first-order chi connectivity index (χ1) is 6.18. The number of hydrogen-bond donors (Lipinski definition) is 1. The molecule has 1 aliphatic rings. The van der Waals surface area contributed by atoms with E-state index in [0.717, 1.165) is 0 Å². The average Bonchev–Trinajstić information content (AvgIpc) is 2.07. The number of amides is 1. The summed E-state index contributed by atoms with van der Waals surface area (Å²) < 4.78 is 0. The van der Waals surface area contributed by atoms with E-state index in [2.05, 4.69) is 15.3 Å². The third-order valence-electron chi connectivity index (χ3n) is 1.80. The van der Waals surface area contributed by atoms with Gasteiger partial charge in [0.1, 0.15) is 10.8 Å². The van der Waals surface area contributed by atoms with E-state index in [9.17, 15) is 4.79 Å². The summed E-state index contributed by atoms with van der Waals surface area (Å²) in [5, 5.41) is 2.92. The maximum atomic E-state index is 11.3. The van der Waals surface area contributed by atoms with Crippen molar-refractivity contribution in [2.45, 2.75) is 6.42 Å². The first kappa shape index (κ1) is 8.72. The second kappa shape index (κ2) is 3.12. The monoisotopic (exact) mass is 217 g/mol.